The third kappa shape index (κ3) is 4.45. The van der Waals surface area contributed by atoms with Crippen molar-refractivity contribution < 1.29 is 21.6 Å². The number of benzene rings is 1. The van der Waals surface area contributed by atoms with E-state index in [-0.39, 0.29) is 16.3 Å². The van der Waals surface area contributed by atoms with E-state index >= 15 is 0 Å². The molecule has 0 radical (unpaired) electrons. The molecule has 0 unspecified atom stereocenters. The topological polar surface area (TPSA) is 57.9 Å². The van der Waals surface area contributed by atoms with Crippen molar-refractivity contribution in [3.05, 3.63) is 23.3 Å². The number of alkyl halides is 4. The van der Waals surface area contributed by atoms with E-state index < -0.39 is 36.8 Å². The van der Waals surface area contributed by atoms with Crippen molar-refractivity contribution in [1.82, 2.24) is 0 Å². The van der Waals surface area contributed by atoms with Gasteiger partial charge in [-0.05, 0) is 29.5 Å². The second kappa shape index (κ2) is 5.79. The van der Waals surface area contributed by atoms with Crippen LogP contribution in [0.1, 0.15) is 11.1 Å². The number of nitriles is 1. The van der Waals surface area contributed by atoms with Crippen LogP contribution in [0.5, 0.6) is 0 Å². The van der Waals surface area contributed by atoms with Crippen LogP contribution in [0.15, 0.2) is 21.9 Å². The highest BCUT2D eigenvalue weighted by Gasteiger charge is 2.31. The largest absolute Gasteiger partial charge is 0.446 e. The Morgan fingerprint density at radius 2 is 1.95 bits per heavy atom. The summed E-state index contributed by atoms with van der Waals surface area (Å²) in [5.74, 6) is -0.344. The molecule has 10 heteroatoms. The number of thioether (sulfide) groups is 1. The second-order valence-corrected chi connectivity index (χ2v) is 7.10. The summed E-state index contributed by atoms with van der Waals surface area (Å²) in [7, 11) is 0.868. The van der Waals surface area contributed by atoms with Gasteiger partial charge in [-0.2, -0.15) is 18.4 Å². The van der Waals surface area contributed by atoms with Gasteiger partial charge < -0.3 is 0 Å². The maximum atomic E-state index is 12.3. The van der Waals surface area contributed by atoms with E-state index in [0.717, 1.165) is 12.1 Å². The van der Waals surface area contributed by atoms with Crippen molar-refractivity contribution in [3.63, 3.8) is 0 Å². The van der Waals surface area contributed by atoms with Gasteiger partial charge in [-0.3, -0.25) is 0 Å². The fourth-order valence-electron chi connectivity index (χ4n) is 1.22. The third-order valence-electron chi connectivity index (χ3n) is 1.92. The van der Waals surface area contributed by atoms with Gasteiger partial charge in [0, 0.05) is 21.5 Å². The molecule has 0 aliphatic rings. The predicted molar refractivity (Wildman–Crippen MR) is 65.7 cm³/mol. The summed E-state index contributed by atoms with van der Waals surface area (Å²) < 4.78 is 59.4. The minimum absolute atomic E-state index is 0.0674. The molecule has 0 fully saturated rings. The first-order valence-electron chi connectivity index (χ1n) is 4.42. The molecule has 0 heterocycles. The zero-order chi connectivity index (χ0) is 14.8. The Morgan fingerprint density at radius 3 is 2.32 bits per heavy atom. The van der Waals surface area contributed by atoms with Crippen LogP contribution in [0.25, 0.3) is 0 Å². The van der Waals surface area contributed by atoms with Gasteiger partial charge in [0.2, 0.25) is 0 Å². The molecule has 0 aliphatic heterocycles. The van der Waals surface area contributed by atoms with Crippen LogP contribution in [-0.4, -0.2) is 13.9 Å². The Bertz CT molecular complexity index is 638. The van der Waals surface area contributed by atoms with Crippen molar-refractivity contribution in [2.24, 2.45) is 0 Å². The van der Waals surface area contributed by atoms with Crippen LogP contribution in [0.2, 0.25) is 0 Å². The molecule has 0 N–H and O–H groups in total. The molecule has 0 atom stereocenters. The molecular weight excluding hydrogens is 346 g/mol. The average Bonchev–Trinajstić information content (AvgIpc) is 2.24. The highest BCUT2D eigenvalue weighted by molar-refractivity contribution is 8.13. The summed E-state index contributed by atoms with van der Waals surface area (Å²) in [5.41, 5.74) is -5.10. The summed E-state index contributed by atoms with van der Waals surface area (Å²) in [6.45, 7) is 0. The first-order chi connectivity index (χ1) is 8.58. The van der Waals surface area contributed by atoms with Gasteiger partial charge >= 0.3 is 5.51 Å². The van der Waals surface area contributed by atoms with Gasteiger partial charge in [-0.15, -0.1) is 11.6 Å². The molecule has 0 aromatic heterocycles. The van der Waals surface area contributed by atoms with Crippen molar-refractivity contribution in [2.45, 2.75) is 21.2 Å². The monoisotopic (exact) mass is 349 g/mol. The Balaban J connectivity index is 3.50. The lowest BCUT2D eigenvalue weighted by Crippen LogP contribution is -2.03. The zero-order valence-corrected chi connectivity index (χ0v) is 12.0. The number of nitrogens with zero attached hydrogens (tertiary/aromatic N) is 1. The molecule has 3 nitrogen and oxygen atoms in total. The normalized spacial score (nSPS) is 12.2. The Kier molecular flexibility index (Phi) is 5.01. The van der Waals surface area contributed by atoms with Crippen LogP contribution < -0.4 is 0 Å². The molecule has 104 valence electrons. The lowest BCUT2D eigenvalue weighted by molar-refractivity contribution is -0.0328. The van der Waals surface area contributed by atoms with E-state index in [1.807, 2.05) is 0 Å². The summed E-state index contributed by atoms with van der Waals surface area (Å²) in [6, 6.07) is 3.18. The molecule has 0 spiro atoms. The van der Waals surface area contributed by atoms with Gasteiger partial charge in [-0.1, -0.05) is 0 Å². The molecule has 0 amide bonds. The van der Waals surface area contributed by atoms with Crippen molar-refractivity contribution in [3.8, 4) is 6.07 Å². The van der Waals surface area contributed by atoms with E-state index in [9.17, 15) is 21.6 Å². The maximum absolute atomic E-state index is 12.3. The Labute approximate surface area is 120 Å². The van der Waals surface area contributed by atoms with Crippen LogP contribution in [0.3, 0.4) is 0 Å². The Hall–Kier alpha value is -0.620. The van der Waals surface area contributed by atoms with Crippen molar-refractivity contribution in [2.75, 3.05) is 0 Å². The molecule has 0 aliphatic carbocycles. The molecule has 0 saturated heterocycles. The van der Waals surface area contributed by atoms with Crippen LogP contribution >= 0.6 is 34.0 Å². The fourth-order valence-corrected chi connectivity index (χ4v) is 3.24. The number of rotatable bonds is 3. The van der Waals surface area contributed by atoms with E-state index in [0.29, 0.717) is 0 Å². The average molecular weight is 350 g/mol. The summed E-state index contributed by atoms with van der Waals surface area (Å²) in [5, 5.41) is 8.77. The summed E-state index contributed by atoms with van der Waals surface area (Å²) in [6.07, 6.45) is 0. The fraction of sp³-hybridized carbons (Fsp3) is 0.222. The van der Waals surface area contributed by atoms with Crippen LogP contribution in [0.4, 0.5) is 13.2 Å². The van der Waals surface area contributed by atoms with Gasteiger partial charge in [0.1, 0.15) is 11.0 Å². The molecule has 19 heavy (non-hydrogen) atoms. The minimum Gasteiger partial charge on any atom is -0.207 e. The highest BCUT2D eigenvalue weighted by Crippen LogP contribution is 2.40. The molecule has 1 aromatic rings. The van der Waals surface area contributed by atoms with Crippen molar-refractivity contribution >= 4 is 43.1 Å². The molecule has 0 saturated carbocycles. The molecule has 1 rings (SSSR count). The maximum Gasteiger partial charge on any atom is 0.446 e. The zero-order valence-electron chi connectivity index (χ0n) is 8.83. The highest BCUT2D eigenvalue weighted by atomic mass is 35.7. The Morgan fingerprint density at radius 1 is 1.37 bits per heavy atom. The predicted octanol–water partition coefficient (Wildman–Crippen LogP) is 3.84. The second-order valence-electron chi connectivity index (χ2n) is 3.19. The first kappa shape index (κ1) is 16.4. The van der Waals surface area contributed by atoms with Crippen molar-refractivity contribution in [1.29, 1.82) is 5.26 Å². The number of hydrogen-bond acceptors (Lipinski definition) is 4. The summed E-state index contributed by atoms with van der Waals surface area (Å²) >= 11 is 5.00. The smallest absolute Gasteiger partial charge is 0.207 e. The van der Waals surface area contributed by atoms with Gasteiger partial charge in [-0.25, -0.2) is 8.42 Å². The molecular formula is C9H4Cl2F3NO2S2. The minimum atomic E-state index is -4.57. The third-order valence-corrected chi connectivity index (χ3v) is 4.40. The SMILES string of the molecule is N#Cc1cc(SC(F)(F)F)c(CCl)cc1S(=O)(=O)Cl. The van der Waals surface area contributed by atoms with Crippen LogP contribution in [0, 0.1) is 11.3 Å². The van der Waals surface area contributed by atoms with E-state index in [1.54, 1.807) is 0 Å². The van der Waals surface area contributed by atoms with E-state index in [1.165, 1.54) is 6.07 Å². The molecule has 0 bridgehead atoms. The first-order valence-corrected chi connectivity index (χ1v) is 8.08. The van der Waals surface area contributed by atoms with Gasteiger partial charge in [0.25, 0.3) is 9.05 Å². The lowest BCUT2D eigenvalue weighted by Gasteiger charge is -2.11. The standard InChI is InChI=1S/C9H4Cl2F3NO2S2/c10-3-5-2-8(19(11,16)17)6(4-15)1-7(5)18-9(12,13)14/h1-2H,3H2. The van der Waals surface area contributed by atoms with E-state index in [4.69, 9.17) is 27.5 Å². The number of halogens is 5. The van der Waals surface area contributed by atoms with Gasteiger partial charge in [0.15, 0.2) is 0 Å². The lowest BCUT2D eigenvalue weighted by atomic mass is 10.2. The van der Waals surface area contributed by atoms with Crippen LogP contribution in [-0.2, 0) is 14.9 Å². The number of hydrogen-bond donors (Lipinski definition) is 0. The summed E-state index contributed by atoms with van der Waals surface area (Å²) in [4.78, 5) is -0.887. The quantitative estimate of drug-likeness (QED) is 0.472. The van der Waals surface area contributed by atoms with Gasteiger partial charge in [0.05, 0.1) is 5.56 Å². The van der Waals surface area contributed by atoms with E-state index in [2.05, 4.69) is 0 Å². The molecule has 1 aromatic carbocycles.